The van der Waals surface area contributed by atoms with Gasteiger partial charge in [-0.15, -0.1) is 0 Å². The van der Waals surface area contributed by atoms with E-state index in [9.17, 15) is 5.26 Å². The minimum absolute atomic E-state index is 0.242. The molecule has 0 spiro atoms. The topological polar surface area (TPSA) is 45.9 Å². The van der Waals surface area contributed by atoms with Gasteiger partial charge in [0.1, 0.15) is 24.1 Å². The van der Waals surface area contributed by atoms with Crippen LogP contribution in [0.25, 0.3) is 22.0 Å². The van der Waals surface area contributed by atoms with Crippen LogP contribution in [-0.2, 0) is 6.61 Å². The first kappa shape index (κ1) is 17.5. The van der Waals surface area contributed by atoms with Crippen LogP contribution in [0.3, 0.4) is 0 Å². The molecule has 1 aliphatic rings. The Morgan fingerprint density at radius 1 is 1.00 bits per heavy atom. The molecule has 5 rings (SSSR count). The van der Waals surface area contributed by atoms with E-state index in [4.69, 9.17) is 4.74 Å². The molecule has 1 atom stereocenters. The molecule has 0 saturated heterocycles. The van der Waals surface area contributed by atoms with E-state index >= 15 is 0 Å². The molecule has 3 aromatic carbocycles. The van der Waals surface area contributed by atoms with Crippen LogP contribution in [0.5, 0.6) is 5.75 Å². The van der Waals surface area contributed by atoms with E-state index in [0.29, 0.717) is 12.3 Å². The third kappa shape index (κ3) is 3.03. The zero-order valence-corrected chi connectivity index (χ0v) is 16.4. The number of hydrogen-bond acceptors (Lipinski definition) is 3. The maximum atomic E-state index is 9.47. The number of nitriles is 1. The molecule has 3 heteroatoms. The summed E-state index contributed by atoms with van der Waals surface area (Å²) in [5.41, 5.74) is 8.22. The summed E-state index contributed by atoms with van der Waals surface area (Å²) in [6, 6.07) is 25.1. The highest BCUT2D eigenvalue weighted by Crippen LogP contribution is 2.35. The minimum atomic E-state index is 0.242. The zero-order valence-electron chi connectivity index (χ0n) is 16.4. The van der Waals surface area contributed by atoms with Crippen LogP contribution in [0.15, 0.2) is 66.7 Å². The molecule has 1 aliphatic heterocycles. The Hall–Kier alpha value is -3.64. The van der Waals surface area contributed by atoms with Crippen LogP contribution in [0.1, 0.15) is 40.8 Å². The molecule has 0 radical (unpaired) electrons. The third-order valence-corrected chi connectivity index (χ3v) is 5.86. The minimum Gasteiger partial charge on any atom is -0.489 e. The van der Waals surface area contributed by atoms with Gasteiger partial charge in [0.25, 0.3) is 0 Å². The van der Waals surface area contributed by atoms with Crippen LogP contribution in [0, 0.1) is 18.3 Å². The average molecular weight is 376 g/mol. The Morgan fingerprint density at radius 3 is 2.69 bits per heavy atom. The van der Waals surface area contributed by atoms with E-state index in [1.165, 1.54) is 22.3 Å². The number of rotatable bonds is 0. The second-order valence-corrected chi connectivity index (χ2v) is 7.67. The summed E-state index contributed by atoms with van der Waals surface area (Å²) < 4.78 is 6.15. The maximum Gasteiger partial charge on any atom is 0.141 e. The summed E-state index contributed by atoms with van der Waals surface area (Å²) in [6.45, 7) is 4.88. The second-order valence-electron chi connectivity index (χ2n) is 7.67. The Bertz CT molecular complexity index is 1300. The summed E-state index contributed by atoms with van der Waals surface area (Å²) in [7, 11) is 0. The molecule has 1 aromatic heterocycles. The molecular formula is C26H20N2O. The molecule has 2 heterocycles. The van der Waals surface area contributed by atoms with Crippen LogP contribution >= 0.6 is 0 Å². The first-order valence-electron chi connectivity index (χ1n) is 9.80. The largest absolute Gasteiger partial charge is 0.489 e. The van der Waals surface area contributed by atoms with Crippen molar-refractivity contribution in [2.75, 3.05) is 0 Å². The average Bonchev–Trinajstić information content (AvgIpc) is 2.77. The summed E-state index contributed by atoms with van der Waals surface area (Å²) in [6.07, 6.45) is 0. The zero-order chi connectivity index (χ0) is 20.0. The standard InChI is InChI=1S/C26H20N2O/c1-16-6-7-18-10-21(16)15-29-23-5-3-4-20(11-23)24-13-22(14-27)28-26-9-8-19(17(18)2)12-25(24)26/h3-13,17H,15H2,1-2H3. The van der Waals surface area contributed by atoms with E-state index in [1.54, 1.807) is 0 Å². The van der Waals surface area contributed by atoms with Gasteiger partial charge in [-0.3, -0.25) is 0 Å². The van der Waals surface area contributed by atoms with Crippen LogP contribution < -0.4 is 4.74 Å². The van der Waals surface area contributed by atoms with Crippen molar-refractivity contribution in [1.82, 2.24) is 4.98 Å². The normalized spacial score (nSPS) is 15.0. The van der Waals surface area contributed by atoms with Crippen molar-refractivity contribution in [3.8, 4) is 22.9 Å². The van der Waals surface area contributed by atoms with Crippen LogP contribution in [0.2, 0.25) is 0 Å². The number of benzene rings is 3. The van der Waals surface area contributed by atoms with Gasteiger partial charge in [-0.2, -0.15) is 5.26 Å². The van der Waals surface area contributed by atoms with Gasteiger partial charge in [0, 0.05) is 11.3 Å². The van der Waals surface area contributed by atoms with E-state index < -0.39 is 0 Å². The van der Waals surface area contributed by atoms with Crippen molar-refractivity contribution in [1.29, 1.82) is 5.26 Å². The van der Waals surface area contributed by atoms with Crippen molar-refractivity contribution >= 4 is 10.9 Å². The summed E-state index contributed by atoms with van der Waals surface area (Å²) in [5, 5.41) is 10.5. The number of fused-ring (bicyclic) bond motifs is 6. The molecular weight excluding hydrogens is 356 g/mol. The Morgan fingerprint density at radius 2 is 1.83 bits per heavy atom. The van der Waals surface area contributed by atoms with Crippen molar-refractivity contribution in [2.45, 2.75) is 26.4 Å². The molecule has 29 heavy (non-hydrogen) atoms. The van der Waals surface area contributed by atoms with Gasteiger partial charge in [0.15, 0.2) is 0 Å². The van der Waals surface area contributed by atoms with Gasteiger partial charge in [-0.25, -0.2) is 4.98 Å². The van der Waals surface area contributed by atoms with Gasteiger partial charge >= 0.3 is 0 Å². The van der Waals surface area contributed by atoms with Gasteiger partial charge in [-0.1, -0.05) is 43.3 Å². The van der Waals surface area contributed by atoms with Gasteiger partial charge in [0.05, 0.1) is 5.52 Å². The van der Waals surface area contributed by atoms with E-state index in [2.05, 4.69) is 61.3 Å². The Kier molecular flexibility index (Phi) is 4.07. The number of ether oxygens (including phenoxy) is 1. The Balaban J connectivity index is 1.83. The fourth-order valence-corrected chi connectivity index (χ4v) is 4.03. The van der Waals surface area contributed by atoms with E-state index in [-0.39, 0.29) is 5.92 Å². The Labute approximate surface area is 170 Å². The summed E-state index contributed by atoms with van der Waals surface area (Å²) in [4.78, 5) is 4.53. The lowest BCUT2D eigenvalue weighted by molar-refractivity contribution is 0.305. The number of aryl methyl sites for hydroxylation is 1. The molecule has 0 N–H and O–H groups in total. The van der Waals surface area contributed by atoms with Crippen molar-refractivity contribution in [3.05, 3.63) is 94.7 Å². The fraction of sp³-hybridized carbons (Fsp3) is 0.154. The molecule has 0 fully saturated rings. The lowest BCUT2D eigenvalue weighted by atomic mass is 9.89. The highest BCUT2D eigenvalue weighted by Gasteiger charge is 2.15. The number of pyridine rings is 1. The van der Waals surface area contributed by atoms with E-state index in [1.807, 2.05) is 30.3 Å². The van der Waals surface area contributed by atoms with E-state index in [0.717, 1.165) is 27.8 Å². The summed E-state index contributed by atoms with van der Waals surface area (Å²) >= 11 is 0. The second kappa shape index (κ2) is 6.76. The molecule has 6 bridgehead atoms. The highest BCUT2D eigenvalue weighted by atomic mass is 16.5. The molecule has 140 valence electrons. The van der Waals surface area contributed by atoms with Gasteiger partial charge in [-0.05, 0) is 70.6 Å². The first-order valence-corrected chi connectivity index (χ1v) is 9.80. The van der Waals surface area contributed by atoms with Crippen molar-refractivity contribution < 1.29 is 4.74 Å². The van der Waals surface area contributed by atoms with Crippen LogP contribution in [0.4, 0.5) is 0 Å². The molecule has 0 amide bonds. The monoisotopic (exact) mass is 376 g/mol. The number of nitrogens with zero attached hydrogens (tertiary/aromatic N) is 2. The smallest absolute Gasteiger partial charge is 0.141 e. The third-order valence-electron chi connectivity index (χ3n) is 5.86. The van der Waals surface area contributed by atoms with Gasteiger partial charge < -0.3 is 4.74 Å². The SMILES string of the molecule is Cc1ccc2cc1COc1cccc(c1)-c1cc(C#N)nc3ccc(cc13)C2C. The first-order chi connectivity index (χ1) is 14.1. The van der Waals surface area contributed by atoms with Gasteiger partial charge in [0.2, 0.25) is 0 Å². The predicted molar refractivity (Wildman–Crippen MR) is 115 cm³/mol. The quantitative estimate of drug-likeness (QED) is 0.371. The van der Waals surface area contributed by atoms with Crippen LogP contribution in [-0.4, -0.2) is 4.98 Å². The highest BCUT2D eigenvalue weighted by molar-refractivity contribution is 5.95. The molecule has 0 saturated carbocycles. The molecule has 4 aromatic rings. The van der Waals surface area contributed by atoms with Crippen molar-refractivity contribution in [3.63, 3.8) is 0 Å². The predicted octanol–water partition coefficient (Wildman–Crippen LogP) is 6.13. The maximum absolute atomic E-state index is 9.47. The number of aromatic nitrogens is 1. The number of hydrogen-bond donors (Lipinski definition) is 0. The lowest BCUT2D eigenvalue weighted by Gasteiger charge is -2.16. The lowest BCUT2D eigenvalue weighted by Crippen LogP contribution is -2.02. The fourth-order valence-electron chi connectivity index (χ4n) is 4.03. The molecule has 0 aliphatic carbocycles. The summed E-state index contributed by atoms with van der Waals surface area (Å²) in [5.74, 6) is 1.06. The molecule has 3 nitrogen and oxygen atoms in total. The van der Waals surface area contributed by atoms with Crippen molar-refractivity contribution in [2.24, 2.45) is 0 Å². The molecule has 1 unspecified atom stereocenters.